The minimum atomic E-state index is -4.41. The molecule has 2 aromatic carbocycles. The van der Waals surface area contributed by atoms with Gasteiger partial charge in [-0.15, -0.1) is 4.40 Å². The topological polar surface area (TPSA) is 143 Å². The van der Waals surface area contributed by atoms with Gasteiger partial charge < -0.3 is 15.4 Å². The summed E-state index contributed by atoms with van der Waals surface area (Å²) < 4.78 is 61.4. The summed E-state index contributed by atoms with van der Waals surface area (Å²) in [4.78, 5) is 12.1. The molecule has 0 saturated carbocycles. The lowest BCUT2D eigenvalue weighted by atomic mass is 10.2. The van der Waals surface area contributed by atoms with Crippen LogP contribution in [0.1, 0.15) is 13.8 Å². The number of nitrogens with zero attached hydrogens (tertiary/aromatic N) is 1. The third-order valence-electron chi connectivity index (χ3n) is 4.49. The smallest absolute Gasteiger partial charge is 0.343 e. The van der Waals surface area contributed by atoms with Gasteiger partial charge in [0.15, 0.2) is 5.84 Å². The molecule has 1 heterocycles. The molecule has 0 spiro atoms. The van der Waals surface area contributed by atoms with Crippen molar-refractivity contribution in [2.24, 2.45) is 4.40 Å². The molecule has 0 bridgehead atoms. The van der Waals surface area contributed by atoms with Crippen LogP contribution in [0.15, 0.2) is 74.0 Å². The van der Waals surface area contributed by atoms with E-state index in [1.165, 1.54) is 25.2 Å². The Kier molecular flexibility index (Phi) is 6.67. The lowest BCUT2D eigenvalue weighted by Crippen LogP contribution is -2.25. The lowest BCUT2D eigenvalue weighted by Gasteiger charge is -2.12. The van der Waals surface area contributed by atoms with Gasteiger partial charge in [0, 0.05) is 5.70 Å². The minimum absolute atomic E-state index is 0.0759. The summed E-state index contributed by atoms with van der Waals surface area (Å²) in [5.41, 5.74) is 1.34. The molecule has 12 heteroatoms. The number of fused-ring (bicyclic) bond motifs is 1. The highest BCUT2D eigenvalue weighted by atomic mass is 32.2. The molecule has 32 heavy (non-hydrogen) atoms. The largest absolute Gasteiger partial charge is 0.462 e. The number of allylic oxidation sites excluding steroid dienone is 1. The predicted molar refractivity (Wildman–Crippen MR) is 120 cm³/mol. The number of benzene rings is 2. The van der Waals surface area contributed by atoms with Gasteiger partial charge in [-0.1, -0.05) is 18.2 Å². The molecule has 1 aliphatic heterocycles. The quantitative estimate of drug-likeness (QED) is 0.536. The van der Waals surface area contributed by atoms with E-state index in [2.05, 4.69) is 19.8 Å². The average molecular weight is 479 g/mol. The maximum atomic E-state index is 13.1. The van der Waals surface area contributed by atoms with Gasteiger partial charge in [-0.2, -0.15) is 8.42 Å². The van der Waals surface area contributed by atoms with Crippen molar-refractivity contribution in [1.29, 1.82) is 0 Å². The van der Waals surface area contributed by atoms with Crippen molar-refractivity contribution in [3.05, 3.63) is 59.8 Å². The first-order chi connectivity index (χ1) is 15.1. The van der Waals surface area contributed by atoms with Crippen LogP contribution in [0.5, 0.6) is 0 Å². The zero-order valence-corrected chi connectivity index (χ0v) is 19.2. The maximum absolute atomic E-state index is 13.1. The van der Waals surface area contributed by atoms with E-state index >= 15 is 0 Å². The van der Waals surface area contributed by atoms with E-state index in [1.807, 2.05) is 0 Å². The van der Waals surface area contributed by atoms with Crippen LogP contribution < -0.4 is 15.4 Å². The van der Waals surface area contributed by atoms with E-state index in [4.69, 9.17) is 4.74 Å². The van der Waals surface area contributed by atoms with Crippen LogP contribution in [-0.2, 0) is 29.6 Å². The molecule has 3 N–H and O–H groups in total. The Hall–Kier alpha value is -3.22. The number of hydrogen-bond acceptors (Lipinski definition) is 7. The van der Waals surface area contributed by atoms with Gasteiger partial charge in [-0.3, -0.25) is 0 Å². The summed E-state index contributed by atoms with van der Waals surface area (Å²) in [5.74, 6) is -1.02. The summed E-state index contributed by atoms with van der Waals surface area (Å²) in [6.45, 7) is 3.30. The number of carbonyl (C=O) groups is 1. The van der Waals surface area contributed by atoms with E-state index in [1.54, 1.807) is 38.1 Å². The number of nitrogens with one attached hydrogen (secondary N) is 3. The number of sulfonamides is 2. The fourth-order valence-corrected chi connectivity index (χ4v) is 4.81. The summed E-state index contributed by atoms with van der Waals surface area (Å²) in [6, 6.07) is 11.7. The lowest BCUT2D eigenvalue weighted by molar-refractivity contribution is -0.137. The molecule has 1 aliphatic rings. The molecule has 10 nitrogen and oxygen atoms in total. The molecule has 0 saturated heterocycles. The average Bonchev–Trinajstić information content (AvgIpc) is 2.88. The molecule has 0 atom stereocenters. The molecule has 0 unspecified atom stereocenters. The Morgan fingerprint density at radius 2 is 1.62 bits per heavy atom. The number of para-hydroxylation sites is 2. The summed E-state index contributed by atoms with van der Waals surface area (Å²) in [7, 11) is -7.07. The van der Waals surface area contributed by atoms with Crippen molar-refractivity contribution in [2.45, 2.75) is 23.6 Å². The Morgan fingerprint density at radius 1 is 1.00 bits per heavy atom. The van der Waals surface area contributed by atoms with Crippen LogP contribution in [0.2, 0.25) is 0 Å². The van der Waals surface area contributed by atoms with Gasteiger partial charge in [0.05, 0.1) is 27.8 Å². The van der Waals surface area contributed by atoms with Crippen molar-refractivity contribution >= 4 is 43.2 Å². The van der Waals surface area contributed by atoms with Gasteiger partial charge >= 0.3 is 5.97 Å². The first kappa shape index (κ1) is 23.4. The molecule has 0 radical (unpaired) electrons. The maximum Gasteiger partial charge on any atom is 0.343 e. The van der Waals surface area contributed by atoms with E-state index in [0.717, 1.165) is 6.07 Å². The van der Waals surface area contributed by atoms with Crippen LogP contribution in [0.25, 0.3) is 0 Å². The normalized spacial score (nSPS) is 15.4. The van der Waals surface area contributed by atoms with Gasteiger partial charge in [-0.05, 0) is 51.2 Å². The Morgan fingerprint density at radius 3 is 2.25 bits per heavy atom. The molecular formula is C20H22N4O6S2. The fraction of sp³-hybridized carbons (Fsp3) is 0.200. The first-order valence-electron chi connectivity index (χ1n) is 9.49. The van der Waals surface area contributed by atoms with Crippen LogP contribution in [-0.4, -0.2) is 42.3 Å². The Balaban J connectivity index is 2.17. The molecule has 0 amide bonds. The number of carbonyl (C=O) groups excluding carboxylic acids is 1. The minimum Gasteiger partial charge on any atom is -0.462 e. The second-order valence-corrected chi connectivity index (χ2v) is 10.1. The van der Waals surface area contributed by atoms with E-state index < -0.39 is 26.0 Å². The van der Waals surface area contributed by atoms with Crippen molar-refractivity contribution in [1.82, 2.24) is 4.72 Å². The number of hydrogen-bond donors (Lipinski definition) is 3. The first-order valence-corrected chi connectivity index (χ1v) is 12.4. The Bertz CT molecular complexity index is 1330. The summed E-state index contributed by atoms with van der Waals surface area (Å²) >= 11 is 0. The van der Waals surface area contributed by atoms with Crippen LogP contribution in [0, 0.1) is 0 Å². The standard InChI is InChI=1S/C20H22N4O6S2/c1-4-30-20(25)18-13(2)22-16-10-5-6-11-17(16)23-19(18)24-32(28,29)15-9-7-8-14(12-15)31(26,27)21-3/h5-12,21-22H,4H2,1-3H3,(H,23,24). The highest BCUT2D eigenvalue weighted by Crippen LogP contribution is 2.29. The molecule has 2 aromatic rings. The molecule has 170 valence electrons. The SMILES string of the molecule is CCOC(=O)C1=C(C)Nc2ccccc2N/C1=N/S(=O)(=O)c1cccc(S(=O)(=O)NC)c1. The van der Waals surface area contributed by atoms with E-state index in [9.17, 15) is 21.6 Å². The third kappa shape index (κ3) is 4.82. The zero-order chi connectivity index (χ0) is 23.5. The van der Waals surface area contributed by atoms with Crippen molar-refractivity contribution in [3.8, 4) is 0 Å². The summed E-state index contributed by atoms with van der Waals surface area (Å²) in [5, 5.41) is 5.94. The van der Waals surface area contributed by atoms with Crippen molar-refractivity contribution in [3.63, 3.8) is 0 Å². The van der Waals surface area contributed by atoms with Crippen LogP contribution in [0.4, 0.5) is 11.4 Å². The van der Waals surface area contributed by atoms with Crippen LogP contribution >= 0.6 is 0 Å². The predicted octanol–water partition coefficient (Wildman–Crippen LogP) is 2.06. The monoisotopic (exact) mass is 478 g/mol. The summed E-state index contributed by atoms with van der Waals surface area (Å²) in [6.07, 6.45) is 0. The van der Waals surface area contributed by atoms with Crippen molar-refractivity contribution in [2.75, 3.05) is 24.3 Å². The number of anilines is 2. The molecule has 0 aromatic heterocycles. The highest BCUT2D eigenvalue weighted by Gasteiger charge is 2.28. The van der Waals surface area contributed by atoms with Gasteiger partial charge in [-0.25, -0.2) is 17.9 Å². The second-order valence-electron chi connectivity index (χ2n) is 6.61. The molecular weight excluding hydrogens is 456 g/mol. The Labute approximate surface area is 186 Å². The number of esters is 1. The number of rotatable bonds is 6. The molecule has 0 fully saturated rings. The third-order valence-corrected chi connectivity index (χ3v) is 7.17. The number of ether oxygens (including phenoxy) is 1. The van der Waals surface area contributed by atoms with Crippen LogP contribution in [0.3, 0.4) is 0 Å². The molecule has 0 aliphatic carbocycles. The number of amidine groups is 1. The van der Waals surface area contributed by atoms with Gasteiger partial charge in [0.25, 0.3) is 10.0 Å². The van der Waals surface area contributed by atoms with Gasteiger partial charge in [0.1, 0.15) is 5.57 Å². The second kappa shape index (κ2) is 9.10. The van der Waals surface area contributed by atoms with E-state index in [-0.39, 0.29) is 27.8 Å². The molecule has 3 rings (SSSR count). The van der Waals surface area contributed by atoms with E-state index in [0.29, 0.717) is 17.1 Å². The zero-order valence-electron chi connectivity index (χ0n) is 17.5. The fourth-order valence-electron chi connectivity index (χ4n) is 2.95. The van der Waals surface area contributed by atoms with Gasteiger partial charge in [0.2, 0.25) is 10.0 Å². The highest BCUT2D eigenvalue weighted by molar-refractivity contribution is 7.90. The van der Waals surface area contributed by atoms with Crippen molar-refractivity contribution < 1.29 is 26.4 Å².